The summed E-state index contributed by atoms with van der Waals surface area (Å²) in [6.07, 6.45) is -5.41. The van der Waals surface area contributed by atoms with Crippen molar-refractivity contribution in [3.63, 3.8) is 0 Å². The molecule has 0 atom stereocenters. The quantitative estimate of drug-likeness (QED) is 0.822. The summed E-state index contributed by atoms with van der Waals surface area (Å²) < 4.78 is 41.8. The van der Waals surface area contributed by atoms with Crippen LogP contribution in [0.2, 0.25) is 0 Å². The molecule has 25 heavy (non-hydrogen) atoms. The first-order chi connectivity index (χ1) is 11.9. The molecule has 2 aromatic rings. The first-order valence-electron chi connectivity index (χ1n) is 8.18. The molecular weight excluding hydrogens is 335 g/mol. The zero-order valence-electron chi connectivity index (χ0n) is 14.0. The van der Waals surface area contributed by atoms with Crippen molar-refractivity contribution in [3.8, 4) is 0 Å². The third kappa shape index (κ3) is 5.15. The predicted octanol–water partition coefficient (Wildman–Crippen LogP) is 2.59. The fraction of sp³-hybridized carbons (Fsp3) is 0.562. The van der Waals surface area contributed by atoms with E-state index in [9.17, 15) is 13.2 Å². The van der Waals surface area contributed by atoms with Gasteiger partial charge < -0.3 is 9.42 Å². The maximum atomic E-state index is 12.2. The SMILES string of the molecule is Cc1cccc(CN2CCN(c3nc(CCC(F)(F)F)no3)CC2)n1. The highest BCUT2D eigenvalue weighted by Crippen LogP contribution is 2.22. The molecule has 0 saturated carbocycles. The van der Waals surface area contributed by atoms with Crippen LogP contribution in [0.15, 0.2) is 22.7 Å². The minimum Gasteiger partial charge on any atom is -0.322 e. The second-order valence-corrected chi connectivity index (χ2v) is 6.14. The fourth-order valence-electron chi connectivity index (χ4n) is 2.74. The molecule has 1 fully saturated rings. The number of anilines is 1. The predicted molar refractivity (Wildman–Crippen MR) is 85.1 cm³/mol. The lowest BCUT2D eigenvalue weighted by molar-refractivity contribution is -0.134. The molecule has 0 aliphatic carbocycles. The van der Waals surface area contributed by atoms with Crippen LogP contribution in [0.1, 0.15) is 23.6 Å². The molecule has 0 bridgehead atoms. The number of pyridine rings is 1. The molecule has 0 spiro atoms. The Bertz CT molecular complexity index is 695. The van der Waals surface area contributed by atoms with Crippen molar-refractivity contribution in [1.82, 2.24) is 20.0 Å². The lowest BCUT2D eigenvalue weighted by Gasteiger charge is -2.33. The number of piperazine rings is 1. The molecule has 0 N–H and O–H groups in total. The van der Waals surface area contributed by atoms with Gasteiger partial charge >= 0.3 is 12.2 Å². The van der Waals surface area contributed by atoms with E-state index in [0.717, 1.165) is 31.0 Å². The molecule has 0 aromatic carbocycles. The maximum absolute atomic E-state index is 12.2. The molecule has 136 valence electrons. The third-order valence-corrected chi connectivity index (χ3v) is 4.06. The Hall–Kier alpha value is -2.16. The third-order valence-electron chi connectivity index (χ3n) is 4.06. The van der Waals surface area contributed by atoms with Crippen molar-refractivity contribution in [2.75, 3.05) is 31.1 Å². The Balaban J connectivity index is 1.50. The summed E-state index contributed by atoms with van der Waals surface area (Å²) >= 11 is 0. The number of alkyl halides is 3. The highest BCUT2D eigenvalue weighted by atomic mass is 19.4. The fourth-order valence-corrected chi connectivity index (χ4v) is 2.74. The van der Waals surface area contributed by atoms with Gasteiger partial charge in [0.05, 0.1) is 12.1 Å². The van der Waals surface area contributed by atoms with E-state index < -0.39 is 12.6 Å². The lowest BCUT2D eigenvalue weighted by atomic mass is 10.2. The summed E-state index contributed by atoms with van der Waals surface area (Å²) in [4.78, 5) is 12.8. The first-order valence-corrected chi connectivity index (χ1v) is 8.18. The van der Waals surface area contributed by atoms with Crippen molar-refractivity contribution >= 4 is 6.01 Å². The first kappa shape index (κ1) is 17.7. The van der Waals surface area contributed by atoms with Gasteiger partial charge in [-0.3, -0.25) is 9.88 Å². The standard InChI is InChI=1S/C16H20F3N5O/c1-12-3-2-4-13(20-12)11-23-7-9-24(10-8-23)15-21-14(22-25-15)5-6-16(17,18)19/h2-4H,5-11H2,1H3. The lowest BCUT2D eigenvalue weighted by Crippen LogP contribution is -2.46. The highest BCUT2D eigenvalue weighted by molar-refractivity contribution is 5.26. The number of nitrogens with zero attached hydrogens (tertiary/aromatic N) is 5. The molecule has 6 nitrogen and oxygen atoms in total. The van der Waals surface area contributed by atoms with Gasteiger partial charge in [-0.05, 0) is 19.1 Å². The van der Waals surface area contributed by atoms with E-state index in [1.165, 1.54) is 0 Å². The molecule has 2 aromatic heterocycles. The molecule has 1 aliphatic heterocycles. The summed E-state index contributed by atoms with van der Waals surface area (Å²) in [6.45, 7) is 5.72. The van der Waals surface area contributed by atoms with E-state index in [1.54, 1.807) is 0 Å². The topological polar surface area (TPSA) is 58.3 Å². The van der Waals surface area contributed by atoms with Crippen molar-refractivity contribution < 1.29 is 17.7 Å². The van der Waals surface area contributed by atoms with Gasteiger partial charge in [0.15, 0.2) is 5.82 Å². The van der Waals surface area contributed by atoms with E-state index in [4.69, 9.17) is 4.52 Å². The monoisotopic (exact) mass is 355 g/mol. The number of hydrogen-bond acceptors (Lipinski definition) is 6. The van der Waals surface area contributed by atoms with Crippen LogP contribution in [0, 0.1) is 6.92 Å². The summed E-state index contributed by atoms with van der Waals surface area (Å²) in [5, 5.41) is 3.64. The number of halogens is 3. The van der Waals surface area contributed by atoms with Crippen molar-refractivity contribution in [3.05, 3.63) is 35.4 Å². The van der Waals surface area contributed by atoms with Crippen LogP contribution < -0.4 is 4.90 Å². The molecule has 3 rings (SSSR count). The Labute approximate surface area is 143 Å². The Kier molecular flexibility index (Phi) is 5.22. The largest absolute Gasteiger partial charge is 0.389 e. The van der Waals surface area contributed by atoms with Gasteiger partial charge in [-0.2, -0.15) is 18.2 Å². The second kappa shape index (κ2) is 7.38. The average molecular weight is 355 g/mol. The van der Waals surface area contributed by atoms with Crippen molar-refractivity contribution in [2.45, 2.75) is 32.5 Å². The van der Waals surface area contributed by atoms with Crippen molar-refractivity contribution in [2.24, 2.45) is 0 Å². The number of rotatable bonds is 5. The van der Waals surface area contributed by atoms with Crippen LogP contribution in [-0.2, 0) is 13.0 Å². The zero-order valence-corrected chi connectivity index (χ0v) is 14.0. The Morgan fingerprint density at radius 3 is 2.56 bits per heavy atom. The number of aromatic nitrogens is 3. The summed E-state index contributed by atoms with van der Waals surface area (Å²) in [5.74, 6) is 0.0960. The van der Waals surface area contributed by atoms with Gasteiger partial charge in [-0.25, -0.2) is 0 Å². The van der Waals surface area contributed by atoms with E-state index in [1.807, 2.05) is 30.0 Å². The van der Waals surface area contributed by atoms with Gasteiger partial charge in [-0.15, -0.1) is 0 Å². The molecule has 1 saturated heterocycles. The van der Waals surface area contributed by atoms with Gasteiger partial charge in [0.1, 0.15) is 0 Å². The molecule has 0 unspecified atom stereocenters. The smallest absolute Gasteiger partial charge is 0.322 e. The molecule has 0 amide bonds. The Morgan fingerprint density at radius 1 is 1.12 bits per heavy atom. The maximum Gasteiger partial charge on any atom is 0.389 e. The van der Waals surface area contributed by atoms with E-state index >= 15 is 0 Å². The van der Waals surface area contributed by atoms with E-state index in [-0.39, 0.29) is 12.2 Å². The van der Waals surface area contributed by atoms with Crippen LogP contribution in [-0.4, -0.2) is 52.4 Å². The Morgan fingerprint density at radius 2 is 1.88 bits per heavy atom. The van der Waals surface area contributed by atoms with Gasteiger partial charge in [-0.1, -0.05) is 11.2 Å². The summed E-state index contributed by atoms with van der Waals surface area (Å²) in [7, 11) is 0. The molecule has 3 heterocycles. The minimum atomic E-state index is -4.21. The highest BCUT2D eigenvalue weighted by Gasteiger charge is 2.28. The second-order valence-electron chi connectivity index (χ2n) is 6.14. The van der Waals surface area contributed by atoms with Gasteiger partial charge in [0.25, 0.3) is 0 Å². The van der Waals surface area contributed by atoms with Crippen LogP contribution in [0.3, 0.4) is 0 Å². The van der Waals surface area contributed by atoms with Gasteiger partial charge in [0.2, 0.25) is 0 Å². The van der Waals surface area contributed by atoms with E-state index in [0.29, 0.717) is 19.1 Å². The van der Waals surface area contributed by atoms with Crippen LogP contribution >= 0.6 is 0 Å². The average Bonchev–Trinajstić information content (AvgIpc) is 3.02. The minimum absolute atomic E-state index is 0.0960. The van der Waals surface area contributed by atoms with Gasteiger partial charge in [0, 0.05) is 44.8 Å². The molecular formula is C16H20F3N5O. The number of hydrogen-bond donors (Lipinski definition) is 0. The summed E-state index contributed by atoms with van der Waals surface area (Å²) in [5.41, 5.74) is 2.02. The molecule has 0 radical (unpaired) electrons. The zero-order chi connectivity index (χ0) is 17.9. The molecule has 1 aliphatic rings. The molecule has 9 heteroatoms. The van der Waals surface area contributed by atoms with Crippen LogP contribution in [0.5, 0.6) is 0 Å². The normalized spacial score (nSPS) is 16.4. The van der Waals surface area contributed by atoms with Crippen LogP contribution in [0.4, 0.5) is 19.2 Å². The van der Waals surface area contributed by atoms with Crippen LogP contribution in [0.25, 0.3) is 0 Å². The van der Waals surface area contributed by atoms with Crippen molar-refractivity contribution in [1.29, 1.82) is 0 Å². The van der Waals surface area contributed by atoms with E-state index in [2.05, 4.69) is 20.0 Å². The summed E-state index contributed by atoms with van der Waals surface area (Å²) in [6, 6.07) is 6.26. The number of aryl methyl sites for hydroxylation is 2.